The van der Waals surface area contributed by atoms with E-state index in [0.29, 0.717) is 0 Å². The van der Waals surface area contributed by atoms with Gasteiger partial charge in [-0.25, -0.2) is 0 Å². The highest BCUT2D eigenvalue weighted by Gasteiger charge is 2.56. The van der Waals surface area contributed by atoms with Crippen LogP contribution < -0.4 is 0 Å². The molecule has 2 atom stereocenters. The van der Waals surface area contributed by atoms with Crippen LogP contribution in [0.25, 0.3) is 0 Å². The molecule has 0 bridgehead atoms. The zero-order chi connectivity index (χ0) is 4.78. The Morgan fingerprint density at radius 1 is 1.83 bits per heavy atom. The number of rotatable bonds is 0. The van der Waals surface area contributed by atoms with E-state index in [2.05, 4.69) is 4.74 Å². The summed E-state index contributed by atoms with van der Waals surface area (Å²) in [5.41, 5.74) is 0. The van der Waals surface area contributed by atoms with Crippen LogP contribution in [0.5, 0.6) is 0 Å². The molecule has 0 spiro atoms. The Morgan fingerprint density at radius 3 is 2.00 bits per heavy atom. The van der Waals surface area contributed by atoms with Crippen LogP contribution in [0.15, 0.2) is 0 Å². The van der Waals surface area contributed by atoms with Gasteiger partial charge in [0.15, 0.2) is 0 Å². The lowest BCUT2D eigenvalue weighted by Crippen LogP contribution is -2.03. The standard InChI is InChI=1S/C2H3FO3/c3-2(5)1(4)6-2/h1,4-5H. The van der Waals surface area contributed by atoms with Gasteiger partial charge in [-0.2, -0.15) is 4.39 Å². The molecule has 1 aliphatic rings. The molecule has 36 valence electrons. The topological polar surface area (TPSA) is 53.0 Å². The van der Waals surface area contributed by atoms with Crippen LogP contribution in [-0.2, 0) is 4.74 Å². The number of aliphatic hydroxyl groups excluding tert-OH is 1. The number of alkyl halides is 1. The van der Waals surface area contributed by atoms with E-state index in [1.165, 1.54) is 0 Å². The van der Waals surface area contributed by atoms with Gasteiger partial charge < -0.3 is 10.2 Å². The van der Waals surface area contributed by atoms with Crippen molar-refractivity contribution in [2.24, 2.45) is 0 Å². The van der Waals surface area contributed by atoms with Crippen molar-refractivity contribution in [3.8, 4) is 0 Å². The average Bonchev–Trinajstić information content (AvgIpc) is 1.73. The number of halogens is 1. The van der Waals surface area contributed by atoms with Gasteiger partial charge in [0.2, 0.25) is 6.29 Å². The molecule has 1 heterocycles. The lowest BCUT2D eigenvalue weighted by molar-refractivity contribution is -0.0842. The third kappa shape index (κ3) is 0.388. The molecule has 2 N–H and O–H groups in total. The van der Waals surface area contributed by atoms with Gasteiger partial charge in [0.05, 0.1) is 0 Å². The van der Waals surface area contributed by atoms with Crippen molar-refractivity contribution >= 4 is 0 Å². The molecular formula is C2H3FO3. The monoisotopic (exact) mass is 94.0 g/mol. The zero-order valence-corrected chi connectivity index (χ0v) is 2.76. The molecule has 4 heteroatoms. The van der Waals surface area contributed by atoms with E-state index in [9.17, 15) is 4.39 Å². The molecule has 0 radical (unpaired) electrons. The number of aliphatic hydroxyl groups is 2. The number of hydrogen-bond donors (Lipinski definition) is 2. The average molecular weight is 94.0 g/mol. The van der Waals surface area contributed by atoms with Gasteiger partial charge in [-0.05, 0) is 0 Å². The molecule has 1 fully saturated rings. The van der Waals surface area contributed by atoms with Gasteiger partial charge in [0.1, 0.15) is 0 Å². The zero-order valence-electron chi connectivity index (χ0n) is 2.76. The van der Waals surface area contributed by atoms with E-state index in [1.54, 1.807) is 0 Å². The predicted molar refractivity (Wildman–Crippen MR) is 13.1 cm³/mol. The Kier molecular flexibility index (Phi) is 0.482. The fourth-order valence-electron chi connectivity index (χ4n) is 0.123. The molecule has 1 rings (SSSR count). The first-order valence-corrected chi connectivity index (χ1v) is 1.40. The van der Waals surface area contributed by atoms with Gasteiger partial charge in [-0.1, -0.05) is 0 Å². The number of ether oxygens (including phenoxy) is 1. The minimum Gasteiger partial charge on any atom is -0.361 e. The Bertz CT molecular complexity index is 71.2. The summed E-state index contributed by atoms with van der Waals surface area (Å²) in [5, 5.41) is 15.6. The van der Waals surface area contributed by atoms with Crippen LogP contribution in [-0.4, -0.2) is 22.5 Å². The maximum Gasteiger partial charge on any atom is 0.373 e. The van der Waals surface area contributed by atoms with E-state index >= 15 is 0 Å². The second-order valence-electron chi connectivity index (χ2n) is 1.08. The first-order valence-electron chi connectivity index (χ1n) is 1.40. The molecule has 0 amide bonds. The first-order chi connectivity index (χ1) is 2.63. The van der Waals surface area contributed by atoms with Gasteiger partial charge in [-0.3, -0.25) is 4.74 Å². The summed E-state index contributed by atoms with van der Waals surface area (Å²) in [5.74, 6) is 0. The summed E-state index contributed by atoms with van der Waals surface area (Å²) in [6, 6.07) is -2.74. The largest absolute Gasteiger partial charge is 0.373 e. The van der Waals surface area contributed by atoms with Crippen molar-refractivity contribution in [3.63, 3.8) is 0 Å². The fraction of sp³-hybridized carbons (Fsp3) is 1.00. The lowest BCUT2D eigenvalue weighted by atomic mass is 10.8. The van der Waals surface area contributed by atoms with Crippen LogP contribution in [0.1, 0.15) is 0 Å². The van der Waals surface area contributed by atoms with Crippen LogP contribution >= 0.6 is 0 Å². The summed E-state index contributed by atoms with van der Waals surface area (Å²) in [4.78, 5) is 0. The van der Waals surface area contributed by atoms with E-state index in [4.69, 9.17) is 10.2 Å². The molecule has 1 saturated heterocycles. The van der Waals surface area contributed by atoms with Gasteiger partial charge >= 0.3 is 6.04 Å². The lowest BCUT2D eigenvalue weighted by Gasteiger charge is -1.78. The second kappa shape index (κ2) is 0.726. The van der Waals surface area contributed by atoms with Crippen molar-refractivity contribution in [2.45, 2.75) is 12.3 Å². The Balaban J connectivity index is 2.41. The minimum atomic E-state index is -2.74. The molecule has 0 aromatic heterocycles. The molecule has 2 unspecified atom stereocenters. The molecule has 0 aromatic rings. The minimum absolute atomic E-state index is 1.61. The van der Waals surface area contributed by atoms with Gasteiger partial charge in [0, 0.05) is 0 Å². The highest BCUT2D eigenvalue weighted by Crippen LogP contribution is 2.31. The van der Waals surface area contributed by atoms with Gasteiger partial charge in [-0.15, -0.1) is 0 Å². The van der Waals surface area contributed by atoms with Crippen molar-refractivity contribution in [2.75, 3.05) is 0 Å². The normalized spacial score (nSPS) is 55.5. The van der Waals surface area contributed by atoms with Crippen LogP contribution in [0.4, 0.5) is 4.39 Å². The molecule has 1 aliphatic heterocycles. The van der Waals surface area contributed by atoms with Crippen molar-refractivity contribution in [3.05, 3.63) is 0 Å². The van der Waals surface area contributed by atoms with Crippen molar-refractivity contribution in [1.82, 2.24) is 0 Å². The summed E-state index contributed by atoms with van der Waals surface area (Å²) in [6.45, 7) is 0. The maximum atomic E-state index is 11.3. The van der Waals surface area contributed by atoms with E-state index in [-0.39, 0.29) is 0 Å². The third-order valence-corrected chi connectivity index (χ3v) is 0.524. The molecule has 0 aliphatic carbocycles. The second-order valence-corrected chi connectivity index (χ2v) is 1.08. The molecule has 0 aromatic carbocycles. The third-order valence-electron chi connectivity index (χ3n) is 0.524. The molecular weight excluding hydrogens is 91.0 g/mol. The van der Waals surface area contributed by atoms with Crippen LogP contribution in [0, 0.1) is 0 Å². The summed E-state index contributed by atoms with van der Waals surface area (Å²) >= 11 is 0. The first kappa shape index (κ1) is 3.98. The molecule has 3 nitrogen and oxygen atoms in total. The van der Waals surface area contributed by atoms with Crippen LogP contribution in [0.3, 0.4) is 0 Å². The van der Waals surface area contributed by atoms with Crippen molar-refractivity contribution in [1.29, 1.82) is 0 Å². The van der Waals surface area contributed by atoms with E-state index in [1.807, 2.05) is 0 Å². The summed E-state index contributed by atoms with van der Waals surface area (Å²) in [7, 11) is 0. The Morgan fingerprint density at radius 2 is 2.00 bits per heavy atom. The summed E-state index contributed by atoms with van der Waals surface area (Å²) < 4.78 is 14.8. The highest BCUT2D eigenvalue weighted by atomic mass is 19.2. The molecule has 0 saturated carbocycles. The van der Waals surface area contributed by atoms with E-state index < -0.39 is 12.3 Å². The fourth-order valence-corrected chi connectivity index (χ4v) is 0.123. The molecule has 6 heavy (non-hydrogen) atoms. The number of epoxide rings is 1. The maximum absolute atomic E-state index is 11.3. The quantitative estimate of drug-likeness (QED) is 0.376. The summed E-state index contributed by atoms with van der Waals surface area (Å²) in [6.07, 6.45) is -1.61. The highest BCUT2D eigenvalue weighted by molar-refractivity contribution is 4.69. The van der Waals surface area contributed by atoms with Gasteiger partial charge in [0.25, 0.3) is 0 Å². The Hall–Kier alpha value is -0.190. The SMILES string of the molecule is OC1OC1(O)F. The van der Waals surface area contributed by atoms with Crippen molar-refractivity contribution < 1.29 is 19.3 Å². The smallest absolute Gasteiger partial charge is 0.361 e. The van der Waals surface area contributed by atoms with Crippen LogP contribution in [0.2, 0.25) is 0 Å². The predicted octanol–water partition coefficient (Wildman–Crippen LogP) is -1.05. The Labute approximate surface area is 33.0 Å². The van der Waals surface area contributed by atoms with E-state index in [0.717, 1.165) is 0 Å². The number of hydrogen-bond acceptors (Lipinski definition) is 3.